The molecule has 2 aromatic carbocycles. The number of nitrogens with two attached hydrogens (primary N) is 2. The lowest BCUT2D eigenvalue weighted by atomic mass is 9.88. The first-order valence-electron chi connectivity index (χ1n) is 6.79. The van der Waals surface area contributed by atoms with Crippen molar-refractivity contribution in [3.63, 3.8) is 0 Å². The topological polar surface area (TPSA) is 52.0 Å². The summed E-state index contributed by atoms with van der Waals surface area (Å²) in [5.41, 5.74) is 16.8. The molecule has 0 aliphatic rings. The zero-order chi connectivity index (χ0) is 13.8. The van der Waals surface area contributed by atoms with Gasteiger partial charge in [0.05, 0.1) is 0 Å². The third-order valence-electron chi connectivity index (χ3n) is 3.59. The smallest absolute Gasteiger partial charge is 0.0272 e. The van der Waals surface area contributed by atoms with E-state index in [0.29, 0.717) is 12.5 Å². The van der Waals surface area contributed by atoms with Crippen molar-refractivity contribution < 1.29 is 0 Å². The fraction of sp³-hybridized carbons (Fsp3) is 0.294. The summed E-state index contributed by atoms with van der Waals surface area (Å²) in [6.07, 6.45) is 0. The van der Waals surface area contributed by atoms with Crippen LogP contribution in [0.2, 0.25) is 0 Å². The molecule has 0 aromatic heterocycles. The van der Waals surface area contributed by atoms with E-state index in [9.17, 15) is 0 Å². The van der Waals surface area contributed by atoms with Crippen molar-refractivity contribution in [1.29, 1.82) is 0 Å². The van der Waals surface area contributed by atoms with Gasteiger partial charge in [-0.1, -0.05) is 55.5 Å². The molecule has 0 aliphatic carbocycles. The highest BCUT2D eigenvalue weighted by Crippen LogP contribution is 2.33. The predicted molar refractivity (Wildman–Crippen MR) is 81.9 cm³/mol. The van der Waals surface area contributed by atoms with E-state index in [1.165, 1.54) is 22.3 Å². The minimum atomic E-state index is 0.0254. The van der Waals surface area contributed by atoms with Crippen LogP contribution in [0.4, 0.5) is 0 Å². The van der Waals surface area contributed by atoms with Crippen LogP contribution < -0.4 is 11.5 Å². The molecule has 2 rings (SSSR count). The third-order valence-corrected chi connectivity index (χ3v) is 3.59. The summed E-state index contributed by atoms with van der Waals surface area (Å²) < 4.78 is 0. The molecular weight excluding hydrogens is 232 g/mol. The van der Waals surface area contributed by atoms with Gasteiger partial charge in [0.15, 0.2) is 0 Å². The van der Waals surface area contributed by atoms with E-state index in [0.717, 1.165) is 0 Å². The molecule has 0 saturated carbocycles. The van der Waals surface area contributed by atoms with Crippen LogP contribution in [0.1, 0.15) is 36.9 Å². The van der Waals surface area contributed by atoms with E-state index in [1.54, 1.807) is 0 Å². The van der Waals surface area contributed by atoms with Crippen LogP contribution in [0.5, 0.6) is 0 Å². The highest BCUT2D eigenvalue weighted by molar-refractivity contribution is 5.71. The molecule has 0 aliphatic heterocycles. The summed E-state index contributed by atoms with van der Waals surface area (Å²) in [4.78, 5) is 0. The first kappa shape index (κ1) is 13.8. The maximum Gasteiger partial charge on any atom is 0.0272 e. The Bertz CT molecular complexity index is 546. The van der Waals surface area contributed by atoms with E-state index < -0.39 is 0 Å². The molecule has 0 saturated heterocycles. The maximum absolute atomic E-state index is 6.09. The van der Waals surface area contributed by atoms with Gasteiger partial charge in [-0.3, -0.25) is 0 Å². The molecule has 2 heteroatoms. The first-order valence-corrected chi connectivity index (χ1v) is 6.79. The molecule has 0 fully saturated rings. The van der Waals surface area contributed by atoms with Crippen molar-refractivity contribution in [2.45, 2.75) is 25.8 Å². The van der Waals surface area contributed by atoms with Crippen LogP contribution in [-0.2, 0) is 0 Å². The highest BCUT2D eigenvalue weighted by atomic mass is 14.6. The summed E-state index contributed by atoms with van der Waals surface area (Å²) in [5, 5.41) is 0. The molecule has 2 aromatic rings. The van der Waals surface area contributed by atoms with Crippen LogP contribution >= 0.6 is 0 Å². The third kappa shape index (κ3) is 2.86. The van der Waals surface area contributed by atoms with Crippen LogP contribution in [0.25, 0.3) is 11.1 Å². The lowest BCUT2D eigenvalue weighted by Gasteiger charge is -2.19. The first-order chi connectivity index (χ1) is 9.15. The zero-order valence-electron chi connectivity index (χ0n) is 11.6. The average molecular weight is 254 g/mol. The summed E-state index contributed by atoms with van der Waals surface area (Å²) in [7, 11) is 0. The monoisotopic (exact) mass is 254 g/mol. The van der Waals surface area contributed by atoms with E-state index >= 15 is 0 Å². The van der Waals surface area contributed by atoms with Gasteiger partial charge in [-0.25, -0.2) is 0 Å². The van der Waals surface area contributed by atoms with Gasteiger partial charge in [0.2, 0.25) is 0 Å². The molecule has 100 valence electrons. The lowest BCUT2D eigenvalue weighted by Crippen LogP contribution is -2.11. The van der Waals surface area contributed by atoms with E-state index in [4.69, 9.17) is 11.5 Å². The fourth-order valence-electron chi connectivity index (χ4n) is 2.44. The molecule has 2 unspecified atom stereocenters. The number of benzene rings is 2. The van der Waals surface area contributed by atoms with Crippen LogP contribution in [0.3, 0.4) is 0 Å². The molecule has 0 spiro atoms. The molecule has 0 heterocycles. The Labute approximate surface area is 115 Å². The van der Waals surface area contributed by atoms with E-state index in [1.807, 2.05) is 13.0 Å². The quantitative estimate of drug-likeness (QED) is 0.878. The Balaban J connectivity index is 2.59. The second-order valence-electron chi connectivity index (χ2n) is 5.10. The largest absolute Gasteiger partial charge is 0.330 e. The SMILES string of the molecule is CC(N)c1ccccc1-c1ccccc1C(C)CN. The van der Waals surface area contributed by atoms with Gasteiger partial charge in [0.25, 0.3) is 0 Å². The standard InChI is InChI=1S/C17H22N2/c1-12(11-18)14-7-3-5-9-16(14)17-10-6-4-8-15(17)13(2)19/h3-10,12-13H,11,18-19H2,1-2H3. The summed E-state index contributed by atoms with van der Waals surface area (Å²) in [6.45, 7) is 4.83. The van der Waals surface area contributed by atoms with Crippen molar-refractivity contribution in [3.05, 3.63) is 59.7 Å². The van der Waals surface area contributed by atoms with E-state index in [-0.39, 0.29) is 6.04 Å². The minimum Gasteiger partial charge on any atom is -0.330 e. The fourth-order valence-corrected chi connectivity index (χ4v) is 2.44. The highest BCUT2D eigenvalue weighted by Gasteiger charge is 2.14. The summed E-state index contributed by atoms with van der Waals surface area (Å²) in [6, 6.07) is 16.8. The van der Waals surface area contributed by atoms with Gasteiger partial charge in [0, 0.05) is 6.04 Å². The Morgan fingerprint density at radius 1 is 0.842 bits per heavy atom. The predicted octanol–water partition coefficient (Wildman–Crippen LogP) is 3.44. The van der Waals surface area contributed by atoms with Crippen molar-refractivity contribution in [1.82, 2.24) is 0 Å². The number of hydrogen-bond acceptors (Lipinski definition) is 2. The van der Waals surface area contributed by atoms with Crippen LogP contribution in [0, 0.1) is 0 Å². The molecule has 0 radical (unpaired) electrons. The van der Waals surface area contributed by atoms with Gasteiger partial charge in [-0.2, -0.15) is 0 Å². The number of rotatable bonds is 4. The van der Waals surface area contributed by atoms with Gasteiger partial charge in [-0.15, -0.1) is 0 Å². The van der Waals surface area contributed by atoms with Crippen molar-refractivity contribution in [3.8, 4) is 11.1 Å². The molecule has 19 heavy (non-hydrogen) atoms. The molecule has 2 atom stereocenters. The van der Waals surface area contributed by atoms with Crippen LogP contribution in [-0.4, -0.2) is 6.54 Å². The Morgan fingerprint density at radius 3 is 1.84 bits per heavy atom. The number of hydrogen-bond donors (Lipinski definition) is 2. The molecule has 4 N–H and O–H groups in total. The van der Waals surface area contributed by atoms with Crippen molar-refractivity contribution in [2.75, 3.05) is 6.54 Å². The second kappa shape index (κ2) is 6.00. The Morgan fingerprint density at radius 2 is 1.32 bits per heavy atom. The van der Waals surface area contributed by atoms with Gasteiger partial charge < -0.3 is 11.5 Å². The van der Waals surface area contributed by atoms with Gasteiger partial charge >= 0.3 is 0 Å². The molecule has 0 bridgehead atoms. The Kier molecular flexibility index (Phi) is 4.35. The molecule has 0 amide bonds. The normalized spacial score (nSPS) is 14.1. The van der Waals surface area contributed by atoms with Crippen molar-refractivity contribution >= 4 is 0 Å². The summed E-state index contributed by atoms with van der Waals surface area (Å²) in [5.74, 6) is 0.345. The lowest BCUT2D eigenvalue weighted by molar-refractivity contribution is 0.774. The molecule has 2 nitrogen and oxygen atoms in total. The average Bonchev–Trinajstić information content (AvgIpc) is 2.46. The van der Waals surface area contributed by atoms with Gasteiger partial charge in [-0.05, 0) is 41.6 Å². The van der Waals surface area contributed by atoms with Crippen LogP contribution in [0.15, 0.2) is 48.5 Å². The zero-order valence-corrected chi connectivity index (χ0v) is 11.6. The van der Waals surface area contributed by atoms with E-state index in [2.05, 4.69) is 49.4 Å². The minimum absolute atomic E-state index is 0.0254. The Hall–Kier alpha value is -1.64. The second-order valence-corrected chi connectivity index (χ2v) is 5.10. The van der Waals surface area contributed by atoms with Gasteiger partial charge in [0.1, 0.15) is 0 Å². The van der Waals surface area contributed by atoms with Crippen molar-refractivity contribution in [2.24, 2.45) is 11.5 Å². The summed E-state index contributed by atoms with van der Waals surface area (Å²) >= 11 is 0. The maximum atomic E-state index is 6.09. The molecular formula is C17H22N2.